The molecule has 0 aromatic rings. The predicted octanol–water partition coefficient (Wildman–Crippen LogP) is 6.13. The van der Waals surface area contributed by atoms with Gasteiger partial charge in [0.15, 0.2) is 14.8 Å². The Kier molecular flexibility index (Phi) is 13.3. The molecule has 0 amide bonds. The van der Waals surface area contributed by atoms with Crippen molar-refractivity contribution in [2.75, 3.05) is 0 Å². The Morgan fingerprint density at radius 2 is 0.857 bits per heavy atom. The number of hydrogen-bond acceptors (Lipinski definition) is 0. The van der Waals surface area contributed by atoms with E-state index >= 15 is 0 Å². The second-order valence-electron chi connectivity index (χ2n) is 5.36. The van der Waals surface area contributed by atoms with Crippen LogP contribution in [0.5, 0.6) is 0 Å². The molecule has 2 rings (SSSR count). The molecule has 0 spiro atoms. The van der Waals surface area contributed by atoms with Crippen LogP contribution in [0.4, 0.5) is 0 Å². The average molecular weight is 478 g/mol. The molecule has 2 aliphatic rings. The molecule has 0 bridgehead atoms. The fourth-order valence-electron chi connectivity index (χ4n) is 1.54. The SMILES string of the molecule is C[Si](C)(Cl)[C]1[CH][CH][CH][CH]1.C[Si](C)(Cl)[C]1[CH][CH][CH][CH]1.[Cl][Zr+2][Cl]. The van der Waals surface area contributed by atoms with E-state index < -0.39 is 35.6 Å². The Morgan fingerprint density at radius 3 is 0.952 bits per heavy atom. The maximum absolute atomic E-state index is 6.14. The molecule has 0 saturated heterocycles. The fraction of sp³-hybridized carbons (Fsp3) is 0.286. The summed E-state index contributed by atoms with van der Waals surface area (Å²) in [7, 11) is 6.85. The van der Waals surface area contributed by atoms with Crippen LogP contribution in [0.15, 0.2) is 0 Å². The Hall–Kier alpha value is 2.48. The molecule has 0 aliphatic heterocycles. The summed E-state index contributed by atoms with van der Waals surface area (Å²) in [6, 6.07) is 0. The number of halogens is 4. The van der Waals surface area contributed by atoms with Crippen LogP contribution in [0.25, 0.3) is 0 Å². The molecule has 0 heterocycles. The van der Waals surface area contributed by atoms with E-state index in [2.05, 4.69) is 51.9 Å². The van der Waals surface area contributed by atoms with Crippen molar-refractivity contribution in [3.8, 4) is 0 Å². The van der Waals surface area contributed by atoms with Crippen LogP contribution >= 0.6 is 39.2 Å². The molecule has 0 aromatic heterocycles. The van der Waals surface area contributed by atoms with Gasteiger partial charge in [0.05, 0.1) is 0 Å². The van der Waals surface area contributed by atoms with Crippen molar-refractivity contribution >= 4 is 54.0 Å². The van der Waals surface area contributed by atoms with Gasteiger partial charge < -0.3 is 0 Å². The average Bonchev–Trinajstić information content (AvgIpc) is 3.03. The summed E-state index contributed by atoms with van der Waals surface area (Å²) >= 11 is 11.5. The first-order valence-electron chi connectivity index (χ1n) is 6.41. The van der Waals surface area contributed by atoms with E-state index in [-0.39, 0.29) is 0 Å². The molecule has 2 aliphatic carbocycles. The van der Waals surface area contributed by atoms with Crippen molar-refractivity contribution in [2.45, 2.75) is 26.2 Å². The van der Waals surface area contributed by atoms with E-state index in [1.54, 1.807) is 0 Å². The van der Waals surface area contributed by atoms with Gasteiger partial charge in [-0.3, -0.25) is 0 Å². The number of rotatable bonds is 2. The third-order valence-electron chi connectivity index (χ3n) is 2.70. The summed E-state index contributed by atoms with van der Waals surface area (Å²) < 4.78 is 0. The third-order valence-corrected chi connectivity index (χ3v) is 7.42. The second-order valence-corrected chi connectivity index (χ2v) is 21.8. The molecular formula is C14H20Cl4Si2Zr+2. The van der Waals surface area contributed by atoms with Gasteiger partial charge in [0.2, 0.25) is 0 Å². The molecule has 0 nitrogen and oxygen atoms in total. The van der Waals surface area contributed by atoms with Crippen molar-refractivity contribution < 1.29 is 20.8 Å². The van der Waals surface area contributed by atoms with Gasteiger partial charge in [-0.2, -0.15) is 22.2 Å². The van der Waals surface area contributed by atoms with Crippen molar-refractivity contribution in [1.82, 2.24) is 0 Å². The standard InChI is InChI=1S/2C7H10ClSi.2ClH.Zr/c2*1-9(2,8)7-5-3-4-6-7;;;/h2*3-6H,1-2H3;2*1H;/q;;;;+4/p-2. The first-order valence-corrected chi connectivity index (χ1v) is 20.8. The van der Waals surface area contributed by atoms with Crippen molar-refractivity contribution in [3.63, 3.8) is 0 Å². The monoisotopic (exact) mass is 474 g/mol. The minimum atomic E-state index is -1.51. The quantitative estimate of drug-likeness (QED) is 0.332. The molecule has 0 N–H and O–H groups in total. The van der Waals surface area contributed by atoms with Crippen LogP contribution in [0.3, 0.4) is 0 Å². The fourth-order valence-corrected chi connectivity index (χ4v) is 4.27. The van der Waals surface area contributed by atoms with E-state index in [4.69, 9.17) is 39.2 Å². The predicted molar refractivity (Wildman–Crippen MR) is 99.3 cm³/mol. The summed E-state index contributed by atoms with van der Waals surface area (Å²) in [6.45, 7) is 8.52. The van der Waals surface area contributed by atoms with Crippen LogP contribution < -0.4 is 0 Å². The molecule has 7 heteroatoms. The van der Waals surface area contributed by atoms with Crippen LogP contribution in [0.2, 0.25) is 26.2 Å². The molecule has 21 heavy (non-hydrogen) atoms. The zero-order valence-electron chi connectivity index (χ0n) is 12.6. The zero-order chi connectivity index (χ0) is 16.5. The second kappa shape index (κ2) is 11.9. The molecule has 2 saturated carbocycles. The minimum absolute atomic E-state index is 0.826. The summed E-state index contributed by atoms with van der Waals surface area (Å²) in [5.74, 6) is 0. The van der Waals surface area contributed by atoms with Gasteiger partial charge in [0.1, 0.15) is 0 Å². The Balaban J connectivity index is 0.000000322. The molecule has 0 aromatic carbocycles. The molecule has 2 fully saturated rings. The zero-order valence-corrected chi connectivity index (χ0v) is 20.1. The van der Waals surface area contributed by atoms with Crippen LogP contribution in [0, 0.1) is 62.4 Å². The van der Waals surface area contributed by atoms with Gasteiger partial charge in [-0.1, -0.05) is 26.2 Å². The van der Waals surface area contributed by atoms with E-state index in [1.807, 2.05) is 25.7 Å². The summed E-state index contributed by atoms with van der Waals surface area (Å²) in [5, 5.41) is 0. The summed E-state index contributed by atoms with van der Waals surface area (Å²) in [5.41, 5.74) is 2.65. The first kappa shape index (κ1) is 23.5. The maximum atomic E-state index is 6.14. The van der Waals surface area contributed by atoms with E-state index in [0.29, 0.717) is 0 Å². The Morgan fingerprint density at radius 1 is 0.667 bits per heavy atom. The third kappa shape index (κ3) is 11.6. The van der Waals surface area contributed by atoms with Gasteiger partial charge >= 0.3 is 37.9 Å². The number of hydrogen-bond donors (Lipinski definition) is 0. The van der Waals surface area contributed by atoms with E-state index in [0.717, 1.165) is 0 Å². The molecule has 114 valence electrons. The van der Waals surface area contributed by atoms with E-state index in [9.17, 15) is 0 Å². The normalized spacial score (nSPS) is 20.2. The van der Waals surface area contributed by atoms with Crippen LogP contribution in [0.1, 0.15) is 0 Å². The van der Waals surface area contributed by atoms with Gasteiger partial charge in [0.25, 0.3) is 0 Å². The van der Waals surface area contributed by atoms with Gasteiger partial charge in [-0.05, 0) is 62.4 Å². The Labute approximate surface area is 162 Å². The van der Waals surface area contributed by atoms with Crippen LogP contribution in [-0.4, -0.2) is 14.8 Å². The Bertz CT molecular complexity index is 229. The van der Waals surface area contributed by atoms with Crippen molar-refractivity contribution in [1.29, 1.82) is 0 Å². The molecule has 0 atom stereocenters. The van der Waals surface area contributed by atoms with Crippen molar-refractivity contribution in [3.05, 3.63) is 62.4 Å². The van der Waals surface area contributed by atoms with Gasteiger partial charge in [-0.15, -0.1) is 0 Å². The topological polar surface area (TPSA) is 0 Å². The summed E-state index contributed by atoms with van der Waals surface area (Å²) in [4.78, 5) is 0. The summed E-state index contributed by atoms with van der Waals surface area (Å²) in [6.07, 6.45) is 16.5. The van der Waals surface area contributed by atoms with E-state index in [1.165, 1.54) is 11.1 Å². The van der Waals surface area contributed by atoms with Gasteiger partial charge in [0, 0.05) is 0 Å². The molecular weight excluding hydrogens is 457 g/mol. The van der Waals surface area contributed by atoms with Crippen LogP contribution in [-0.2, 0) is 20.8 Å². The molecule has 10 radical (unpaired) electrons. The first-order chi connectivity index (χ1) is 9.62. The van der Waals surface area contributed by atoms with Gasteiger partial charge in [-0.25, -0.2) is 0 Å². The molecule has 0 unspecified atom stereocenters. The van der Waals surface area contributed by atoms with Crippen molar-refractivity contribution in [2.24, 2.45) is 0 Å².